The fraction of sp³-hybridized carbons (Fsp3) is 0.0370. The summed E-state index contributed by atoms with van der Waals surface area (Å²) in [5.74, 6) is 0. The van der Waals surface area contributed by atoms with Crippen LogP contribution in [-0.4, -0.2) is 11.3 Å². The predicted octanol–water partition coefficient (Wildman–Crippen LogP) is 12.2. The van der Waals surface area contributed by atoms with Gasteiger partial charge in [-0.15, -0.1) is 0 Å². The van der Waals surface area contributed by atoms with Crippen molar-refractivity contribution < 1.29 is 0 Å². The van der Waals surface area contributed by atoms with Crippen molar-refractivity contribution in [3.8, 4) is 5.69 Å². The summed E-state index contributed by atoms with van der Waals surface area (Å²) in [7, 11) is 0. The van der Waals surface area contributed by atoms with Crippen molar-refractivity contribution >= 4 is 90.4 Å². The van der Waals surface area contributed by atoms with Crippen LogP contribution in [0.15, 0.2) is 218 Å². The van der Waals surface area contributed by atoms with E-state index in [0.717, 1.165) is 41.3 Å². The Morgan fingerprint density at radius 2 is 1.03 bits per heavy atom. The number of nitrogens with zero attached hydrogens (tertiary/aromatic N) is 4. The Balaban J connectivity index is 1.17. The molecule has 0 fully saturated rings. The normalized spacial score (nSPS) is 13.9. The van der Waals surface area contributed by atoms with Crippen molar-refractivity contribution in [1.82, 2.24) is 4.57 Å². The van der Waals surface area contributed by atoms with Crippen molar-refractivity contribution in [3.63, 3.8) is 0 Å². The highest BCUT2D eigenvalue weighted by Crippen LogP contribution is 2.47. The van der Waals surface area contributed by atoms with E-state index in [9.17, 15) is 0 Å². The second-order valence-electron chi connectivity index (χ2n) is 15.6. The van der Waals surface area contributed by atoms with Gasteiger partial charge in [0.25, 0.3) is 6.71 Å². The van der Waals surface area contributed by atoms with E-state index in [1.54, 1.807) is 0 Å². The molecule has 278 valence electrons. The van der Waals surface area contributed by atoms with Gasteiger partial charge in [-0.1, -0.05) is 121 Å². The zero-order valence-electron chi connectivity index (χ0n) is 32.5. The average molecular weight is 755 g/mol. The maximum Gasteiger partial charge on any atom is 0.252 e. The minimum atomic E-state index is -0.0117. The van der Waals surface area contributed by atoms with Crippen LogP contribution in [0.5, 0.6) is 0 Å². The van der Waals surface area contributed by atoms with Crippen LogP contribution in [0.1, 0.15) is 12.8 Å². The van der Waals surface area contributed by atoms with Crippen LogP contribution in [0.4, 0.5) is 45.5 Å². The van der Waals surface area contributed by atoms with Crippen molar-refractivity contribution in [2.75, 3.05) is 14.7 Å². The number of benzene rings is 8. The van der Waals surface area contributed by atoms with Crippen LogP contribution < -0.4 is 31.1 Å². The molecule has 0 N–H and O–H groups in total. The van der Waals surface area contributed by atoms with Crippen LogP contribution in [0, 0.1) is 0 Å². The summed E-state index contributed by atoms with van der Waals surface area (Å²) in [4.78, 5) is 7.41. The Bertz CT molecular complexity index is 3120. The van der Waals surface area contributed by atoms with E-state index in [2.05, 4.69) is 232 Å². The Labute approximate surface area is 344 Å². The Kier molecular flexibility index (Phi) is 7.73. The highest BCUT2D eigenvalue weighted by atomic mass is 15.2. The van der Waals surface area contributed by atoms with Crippen LogP contribution >= 0.6 is 0 Å². The van der Waals surface area contributed by atoms with Crippen LogP contribution in [-0.2, 0) is 0 Å². The molecular weight excluding hydrogens is 715 g/mol. The highest BCUT2D eigenvalue weighted by molar-refractivity contribution is 7.00. The van der Waals surface area contributed by atoms with Gasteiger partial charge in [0, 0.05) is 67.7 Å². The molecule has 3 heterocycles. The lowest BCUT2D eigenvalue weighted by atomic mass is 9.33. The van der Waals surface area contributed by atoms with Gasteiger partial charge in [-0.2, -0.15) is 0 Å². The van der Waals surface area contributed by atoms with Crippen LogP contribution in [0.2, 0.25) is 0 Å². The fourth-order valence-corrected chi connectivity index (χ4v) is 9.87. The van der Waals surface area contributed by atoms with E-state index < -0.39 is 0 Å². The van der Waals surface area contributed by atoms with Gasteiger partial charge in [0.2, 0.25) is 0 Å². The molecule has 1 aromatic heterocycles. The smallest absolute Gasteiger partial charge is 0.252 e. The van der Waals surface area contributed by atoms with E-state index in [0.29, 0.717) is 0 Å². The van der Waals surface area contributed by atoms with Gasteiger partial charge in [-0.05, 0) is 120 Å². The number of hydrogen-bond acceptors (Lipinski definition) is 3. The first-order valence-corrected chi connectivity index (χ1v) is 20.6. The molecule has 0 amide bonds. The summed E-state index contributed by atoms with van der Waals surface area (Å²) >= 11 is 0. The number of hydrogen-bond donors (Lipinski definition) is 0. The molecule has 9 aromatic rings. The molecule has 1 aliphatic carbocycles. The number of para-hydroxylation sites is 5. The fourth-order valence-electron chi connectivity index (χ4n) is 9.87. The molecule has 0 bridgehead atoms. The number of allylic oxidation sites excluding steroid dienone is 3. The van der Waals surface area contributed by atoms with E-state index >= 15 is 0 Å². The first-order chi connectivity index (χ1) is 29.3. The Morgan fingerprint density at radius 1 is 0.424 bits per heavy atom. The number of fused-ring (bicyclic) bond motifs is 7. The van der Waals surface area contributed by atoms with E-state index in [-0.39, 0.29) is 6.71 Å². The average Bonchev–Trinajstić information content (AvgIpc) is 3.63. The molecule has 12 rings (SSSR count). The van der Waals surface area contributed by atoms with Gasteiger partial charge in [-0.3, -0.25) is 0 Å². The van der Waals surface area contributed by atoms with Gasteiger partial charge in [0.05, 0.1) is 11.0 Å². The number of anilines is 8. The predicted molar refractivity (Wildman–Crippen MR) is 250 cm³/mol. The summed E-state index contributed by atoms with van der Waals surface area (Å²) in [5, 5.41) is 2.51. The molecule has 4 nitrogen and oxygen atoms in total. The van der Waals surface area contributed by atoms with Crippen molar-refractivity contribution in [2.45, 2.75) is 12.8 Å². The molecule has 5 heteroatoms. The number of aromatic nitrogens is 1. The van der Waals surface area contributed by atoms with Crippen LogP contribution in [0.25, 0.3) is 27.5 Å². The summed E-state index contributed by atoms with van der Waals surface area (Å²) in [6, 6.07) is 71.3. The second-order valence-corrected chi connectivity index (χ2v) is 15.6. The zero-order valence-corrected chi connectivity index (χ0v) is 32.5. The van der Waals surface area contributed by atoms with Gasteiger partial charge in [0.1, 0.15) is 0 Å². The summed E-state index contributed by atoms with van der Waals surface area (Å²) in [5.41, 5.74) is 18.0. The Morgan fingerprint density at radius 3 is 1.69 bits per heavy atom. The minimum absolute atomic E-state index is 0.0117. The van der Waals surface area contributed by atoms with Gasteiger partial charge < -0.3 is 19.3 Å². The van der Waals surface area contributed by atoms with Crippen LogP contribution in [0.3, 0.4) is 0 Å². The minimum Gasteiger partial charge on any atom is -0.311 e. The largest absolute Gasteiger partial charge is 0.311 e. The van der Waals surface area contributed by atoms with Gasteiger partial charge in [0.15, 0.2) is 0 Å². The first-order valence-electron chi connectivity index (χ1n) is 20.6. The lowest BCUT2D eigenvalue weighted by molar-refractivity contribution is 0.997. The third-order valence-corrected chi connectivity index (χ3v) is 12.3. The molecule has 0 unspecified atom stereocenters. The molecular formula is C54H39BN4. The molecule has 8 aromatic carbocycles. The quantitative estimate of drug-likeness (QED) is 0.157. The van der Waals surface area contributed by atoms with Crippen molar-refractivity contribution in [3.05, 3.63) is 218 Å². The first kappa shape index (κ1) is 33.6. The third kappa shape index (κ3) is 5.25. The summed E-state index contributed by atoms with van der Waals surface area (Å²) in [6.45, 7) is -0.0117. The number of rotatable bonds is 6. The third-order valence-electron chi connectivity index (χ3n) is 12.3. The lowest BCUT2D eigenvalue weighted by Crippen LogP contribution is -2.61. The summed E-state index contributed by atoms with van der Waals surface area (Å²) in [6.07, 6.45) is 9.04. The van der Waals surface area contributed by atoms with Crippen molar-refractivity contribution in [1.29, 1.82) is 0 Å². The monoisotopic (exact) mass is 754 g/mol. The molecule has 0 radical (unpaired) electrons. The topological polar surface area (TPSA) is 14.7 Å². The highest BCUT2D eigenvalue weighted by Gasteiger charge is 2.44. The van der Waals surface area contributed by atoms with E-state index in [1.165, 1.54) is 66.6 Å². The van der Waals surface area contributed by atoms with Crippen molar-refractivity contribution in [2.24, 2.45) is 0 Å². The second kappa shape index (κ2) is 13.6. The maximum absolute atomic E-state index is 2.51. The van der Waals surface area contributed by atoms with Gasteiger partial charge >= 0.3 is 0 Å². The standard InChI is InChI=1S/C54H39BN4/c1-6-19-38(20-7-1)56(39-21-8-2-9-22-39)43-33-34-46-52(35-43)58(41-25-12-4-13-26-41)49-31-18-32-50-54(49)55(46)47-36-45-44-29-16-17-30-48(44)57(40-23-10-3-11-24-40)51(45)37-53(47)59(50)42-27-14-5-15-28-42/h1,3-8,10-37H,2,9H2. The summed E-state index contributed by atoms with van der Waals surface area (Å²) < 4.78 is 2.44. The molecule has 0 saturated heterocycles. The molecule has 59 heavy (non-hydrogen) atoms. The Hall–Kier alpha value is -7.50. The maximum atomic E-state index is 2.51. The lowest BCUT2D eigenvalue weighted by Gasteiger charge is -2.44. The SMILES string of the molecule is C1=CC(N(c2ccccc2)c2ccc3c(c2)N(c2ccccc2)c2cccc4c2B3c2cc3c5ccccc5n(-c5ccccc5)c3cc2N4c2ccccc2)=CCC1. The molecule has 0 saturated carbocycles. The van der Waals surface area contributed by atoms with E-state index in [4.69, 9.17) is 0 Å². The molecule has 0 spiro atoms. The van der Waals surface area contributed by atoms with E-state index in [1.807, 2.05) is 0 Å². The molecule has 3 aliphatic rings. The zero-order chi connectivity index (χ0) is 38.9. The molecule has 2 aliphatic heterocycles. The van der Waals surface area contributed by atoms with Gasteiger partial charge in [-0.25, -0.2) is 0 Å². The molecule has 0 atom stereocenters.